The van der Waals surface area contributed by atoms with Gasteiger partial charge < -0.3 is 14.2 Å². The van der Waals surface area contributed by atoms with Crippen molar-refractivity contribution in [2.45, 2.75) is 52.0 Å². The number of carbonyl (C=O) groups is 1. The summed E-state index contributed by atoms with van der Waals surface area (Å²) in [5, 5.41) is 0. The van der Waals surface area contributed by atoms with Gasteiger partial charge >= 0.3 is 0 Å². The Kier molecular flexibility index (Phi) is 6.63. The maximum absolute atomic E-state index is 12.4. The highest BCUT2D eigenvalue weighted by Gasteiger charge is 2.33. The van der Waals surface area contributed by atoms with E-state index >= 15 is 0 Å². The molecule has 1 atom stereocenters. The van der Waals surface area contributed by atoms with Gasteiger partial charge in [0.2, 0.25) is 5.91 Å². The van der Waals surface area contributed by atoms with Crippen molar-refractivity contribution in [2.24, 2.45) is 0 Å². The molecule has 4 rings (SSSR count). The molecular formula is C27H33N3O2. The van der Waals surface area contributed by atoms with E-state index in [9.17, 15) is 4.79 Å². The van der Waals surface area contributed by atoms with Crippen LogP contribution in [-0.4, -0.2) is 40.1 Å². The molecule has 1 aromatic heterocycles. The summed E-state index contributed by atoms with van der Waals surface area (Å²) in [4.78, 5) is 19.2. The number of amides is 1. The molecule has 0 spiro atoms. The molecule has 1 amide bonds. The summed E-state index contributed by atoms with van der Waals surface area (Å²) in [6, 6.07) is 14.7. The SMILES string of the molecule is C=CCN1C[C@H](c2nc3ccccc3n2CCCOc2cc(C)ccc2C(C)C)CC1=O. The standard InChI is InChI=1S/C27H33N3O2/c1-5-13-29-18-21(17-26(29)31)27-28-23-9-6-7-10-24(23)30(27)14-8-15-32-25-16-20(4)11-12-22(25)19(2)3/h5-7,9-12,16,19,21H,1,8,13-15,17-18H2,2-4H3/t21-/m1/s1. The fourth-order valence-electron chi connectivity index (χ4n) is 4.57. The molecule has 1 aliphatic rings. The van der Waals surface area contributed by atoms with Crippen LogP contribution < -0.4 is 4.74 Å². The molecule has 5 nitrogen and oxygen atoms in total. The van der Waals surface area contributed by atoms with Crippen LogP contribution in [-0.2, 0) is 11.3 Å². The third-order valence-corrected chi connectivity index (χ3v) is 6.19. The minimum Gasteiger partial charge on any atom is -0.493 e. The summed E-state index contributed by atoms with van der Waals surface area (Å²) in [5.41, 5.74) is 4.56. The van der Waals surface area contributed by atoms with Crippen molar-refractivity contribution in [3.05, 3.63) is 72.1 Å². The Morgan fingerprint density at radius 1 is 1.25 bits per heavy atom. The zero-order chi connectivity index (χ0) is 22.7. The lowest BCUT2D eigenvalue weighted by Crippen LogP contribution is -2.25. The minimum absolute atomic E-state index is 0.111. The van der Waals surface area contributed by atoms with Gasteiger partial charge in [0.25, 0.3) is 0 Å². The summed E-state index contributed by atoms with van der Waals surface area (Å²) >= 11 is 0. The molecule has 0 N–H and O–H groups in total. The molecule has 0 radical (unpaired) electrons. The van der Waals surface area contributed by atoms with Gasteiger partial charge in [-0.05, 0) is 48.6 Å². The number of fused-ring (bicyclic) bond motifs is 1. The maximum Gasteiger partial charge on any atom is 0.223 e. The summed E-state index contributed by atoms with van der Waals surface area (Å²) in [5.74, 6) is 2.70. The number of likely N-dealkylation sites (tertiary alicyclic amines) is 1. The summed E-state index contributed by atoms with van der Waals surface area (Å²) < 4.78 is 8.50. The van der Waals surface area contributed by atoms with Crippen LogP contribution in [0.1, 0.15) is 55.5 Å². The Bertz CT molecular complexity index is 1120. The van der Waals surface area contributed by atoms with E-state index in [-0.39, 0.29) is 11.8 Å². The molecule has 0 aliphatic carbocycles. The molecule has 168 valence electrons. The predicted octanol–water partition coefficient (Wildman–Crippen LogP) is 5.44. The van der Waals surface area contributed by atoms with Crippen molar-refractivity contribution in [1.82, 2.24) is 14.5 Å². The van der Waals surface area contributed by atoms with E-state index in [0.717, 1.165) is 35.6 Å². The smallest absolute Gasteiger partial charge is 0.223 e. The Morgan fingerprint density at radius 3 is 2.84 bits per heavy atom. The Hall–Kier alpha value is -3.08. The number of carbonyl (C=O) groups excluding carboxylic acids is 1. The fraction of sp³-hybridized carbons (Fsp3) is 0.407. The fourth-order valence-corrected chi connectivity index (χ4v) is 4.57. The summed E-state index contributed by atoms with van der Waals surface area (Å²) in [7, 11) is 0. The molecule has 1 aliphatic heterocycles. The number of nitrogens with zero attached hydrogens (tertiary/aromatic N) is 3. The van der Waals surface area contributed by atoms with Crippen LogP contribution in [0, 0.1) is 6.92 Å². The minimum atomic E-state index is 0.111. The van der Waals surface area contributed by atoms with Gasteiger partial charge in [-0.1, -0.05) is 44.2 Å². The van der Waals surface area contributed by atoms with Crippen LogP contribution in [0.15, 0.2) is 55.1 Å². The zero-order valence-corrected chi connectivity index (χ0v) is 19.4. The molecule has 1 fully saturated rings. The molecule has 0 saturated carbocycles. The Balaban J connectivity index is 1.50. The highest BCUT2D eigenvalue weighted by molar-refractivity contribution is 5.81. The van der Waals surface area contributed by atoms with E-state index < -0.39 is 0 Å². The monoisotopic (exact) mass is 431 g/mol. The van der Waals surface area contributed by atoms with Gasteiger partial charge in [-0.15, -0.1) is 6.58 Å². The highest BCUT2D eigenvalue weighted by Crippen LogP contribution is 2.31. The number of imidazole rings is 1. The van der Waals surface area contributed by atoms with Crippen molar-refractivity contribution in [3.8, 4) is 5.75 Å². The Morgan fingerprint density at radius 2 is 2.06 bits per heavy atom. The lowest BCUT2D eigenvalue weighted by atomic mass is 10.0. The van der Waals surface area contributed by atoms with Crippen molar-refractivity contribution < 1.29 is 9.53 Å². The normalized spacial score (nSPS) is 16.3. The quantitative estimate of drug-likeness (QED) is 0.335. The number of hydrogen-bond donors (Lipinski definition) is 0. The van der Waals surface area contributed by atoms with Gasteiger partial charge in [0, 0.05) is 32.0 Å². The number of hydrogen-bond acceptors (Lipinski definition) is 3. The molecule has 2 aromatic carbocycles. The molecule has 1 saturated heterocycles. The van der Waals surface area contributed by atoms with Crippen LogP contribution >= 0.6 is 0 Å². The molecule has 0 unspecified atom stereocenters. The van der Waals surface area contributed by atoms with Crippen molar-refractivity contribution in [2.75, 3.05) is 19.7 Å². The predicted molar refractivity (Wildman–Crippen MR) is 129 cm³/mol. The van der Waals surface area contributed by atoms with Crippen LogP contribution in [0.3, 0.4) is 0 Å². The third kappa shape index (κ3) is 4.57. The summed E-state index contributed by atoms with van der Waals surface area (Å²) in [6.45, 7) is 13.0. The van der Waals surface area contributed by atoms with Gasteiger partial charge in [-0.25, -0.2) is 4.98 Å². The topological polar surface area (TPSA) is 47.4 Å². The van der Waals surface area contributed by atoms with Crippen molar-refractivity contribution >= 4 is 16.9 Å². The van der Waals surface area contributed by atoms with E-state index in [1.807, 2.05) is 23.1 Å². The average Bonchev–Trinajstić information content (AvgIpc) is 3.32. The highest BCUT2D eigenvalue weighted by atomic mass is 16.5. The molecule has 0 bridgehead atoms. The number of rotatable bonds is 9. The first-order valence-corrected chi connectivity index (χ1v) is 11.5. The van der Waals surface area contributed by atoms with E-state index in [0.29, 0.717) is 32.0 Å². The van der Waals surface area contributed by atoms with E-state index in [1.165, 1.54) is 11.1 Å². The van der Waals surface area contributed by atoms with Gasteiger partial charge in [-0.3, -0.25) is 4.79 Å². The lowest BCUT2D eigenvalue weighted by molar-refractivity contribution is -0.127. The van der Waals surface area contributed by atoms with E-state index in [4.69, 9.17) is 9.72 Å². The molecule has 32 heavy (non-hydrogen) atoms. The zero-order valence-electron chi connectivity index (χ0n) is 19.4. The van der Waals surface area contributed by atoms with Crippen LogP contribution in [0.25, 0.3) is 11.0 Å². The van der Waals surface area contributed by atoms with Crippen molar-refractivity contribution in [1.29, 1.82) is 0 Å². The first kappa shape index (κ1) is 22.1. The van der Waals surface area contributed by atoms with E-state index in [1.54, 1.807) is 6.08 Å². The lowest BCUT2D eigenvalue weighted by Gasteiger charge is -2.17. The molecule has 2 heterocycles. The third-order valence-electron chi connectivity index (χ3n) is 6.19. The van der Waals surface area contributed by atoms with Gasteiger partial charge in [0.05, 0.1) is 17.6 Å². The number of ether oxygens (including phenoxy) is 1. The number of benzene rings is 2. The first-order chi connectivity index (χ1) is 15.5. The van der Waals surface area contributed by atoms with Crippen LogP contribution in [0.4, 0.5) is 0 Å². The number of aryl methyl sites for hydroxylation is 2. The largest absolute Gasteiger partial charge is 0.493 e. The Labute approximate surface area is 190 Å². The summed E-state index contributed by atoms with van der Waals surface area (Å²) in [6.07, 6.45) is 3.17. The molecule has 3 aromatic rings. The van der Waals surface area contributed by atoms with Gasteiger partial charge in [0.15, 0.2) is 0 Å². The first-order valence-electron chi connectivity index (χ1n) is 11.5. The van der Waals surface area contributed by atoms with Gasteiger partial charge in [-0.2, -0.15) is 0 Å². The average molecular weight is 432 g/mol. The molecular weight excluding hydrogens is 398 g/mol. The second kappa shape index (κ2) is 9.60. The van der Waals surface area contributed by atoms with Crippen LogP contribution in [0.5, 0.6) is 5.75 Å². The number of aromatic nitrogens is 2. The maximum atomic E-state index is 12.4. The van der Waals surface area contributed by atoms with E-state index in [2.05, 4.69) is 56.2 Å². The number of para-hydroxylation sites is 2. The van der Waals surface area contributed by atoms with Crippen molar-refractivity contribution in [3.63, 3.8) is 0 Å². The second-order valence-electron chi connectivity index (χ2n) is 9.00. The van der Waals surface area contributed by atoms with Crippen LogP contribution in [0.2, 0.25) is 0 Å². The second-order valence-corrected chi connectivity index (χ2v) is 9.00. The van der Waals surface area contributed by atoms with Gasteiger partial charge in [0.1, 0.15) is 11.6 Å². The molecule has 5 heteroatoms.